The number of nitrogens with two attached hydrogens (primary N) is 2. The highest BCUT2D eigenvalue weighted by molar-refractivity contribution is 7.80. The van der Waals surface area contributed by atoms with Crippen molar-refractivity contribution in [2.75, 3.05) is 25.0 Å². The Kier molecular flexibility index (Phi) is 18.8. The molecular weight excluding hydrogens is 1050 g/mol. The quantitative estimate of drug-likeness (QED) is 0.0247. The van der Waals surface area contributed by atoms with Crippen LogP contribution in [0.1, 0.15) is 72.1 Å². The second-order valence-electron chi connectivity index (χ2n) is 18.2. The van der Waals surface area contributed by atoms with Crippen LogP contribution in [0.15, 0.2) is 78.9 Å². The lowest BCUT2D eigenvalue weighted by Gasteiger charge is -2.36. The van der Waals surface area contributed by atoms with Crippen LogP contribution in [-0.4, -0.2) is 121 Å². The van der Waals surface area contributed by atoms with Gasteiger partial charge in [-0.3, -0.25) is 43.3 Å². The first-order chi connectivity index (χ1) is 36.3. The van der Waals surface area contributed by atoms with E-state index >= 15 is 0 Å². The number of amides is 7. The van der Waals surface area contributed by atoms with Gasteiger partial charge >= 0.3 is 13.8 Å². The van der Waals surface area contributed by atoms with Crippen molar-refractivity contribution in [3.05, 3.63) is 107 Å². The van der Waals surface area contributed by atoms with E-state index in [0.29, 0.717) is 27.9 Å². The van der Waals surface area contributed by atoms with E-state index in [0.717, 1.165) is 0 Å². The number of thiocarbonyl (C=S) groups is 1. The molecule has 26 nitrogen and oxygen atoms in total. The fourth-order valence-corrected chi connectivity index (χ4v) is 8.95. The molecule has 0 bridgehead atoms. The van der Waals surface area contributed by atoms with Crippen molar-refractivity contribution in [2.45, 2.75) is 75.7 Å². The van der Waals surface area contributed by atoms with Crippen molar-refractivity contribution in [3.8, 4) is 28.7 Å². The average molecular weight is 1110 g/mol. The lowest BCUT2D eigenvalue weighted by atomic mass is 9.77. The highest BCUT2D eigenvalue weighted by Gasteiger charge is 2.54. The Labute approximate surface area is 444 Å². The third-order valence-electron chi connectivity index (χ3n) is 11.8. The fraction of sp³-hybridized carbons (Fsp3) is 0.327. The van der Waals surface area contributed by atoms with Crippen molar-refractivity contribution in [3.63, 3.8) is 0 Å². The lowest BCUT2D eigenvalue weighted by Crippen LogP contribution is -2.57. The molecule has 7 amide bonds. The molecule has 2 aliphatic heterocycles. The number of nitrogens with one attached hydrogen (secondary N) is 7. The Morgan fingerprint density at radius 1 is 0.727 bits per heavy atom. The minimum absolute atomic E-state index is 0.0209. The van der Waals surface area contributed by atoms with Crippen LogP contribution in [0.5, 0.6) is 28.7 Å². The maximum absolute atomic E-state index is 14.0. The molecule has 16 N–H and O–H groups in total. The van der Waals surface area contributed by atoms with Crippen LogP contribution < -0.4 is 57.9 Å². The molecule has 1 spiro atoms. The zero-order valence-corrected chi connectivity index (χ0v) is 42.9. The molecule has 6 rings (SSSR count). The molecule has 77 heavy (non-hydrogen) atoms. The van der Waals surface area contributed by atoms with Crippen molar-refractivity contribution >= 4 is 78.2 Å². The van der Waals surface area contributed by atoms with E-state index in [1.807, 2.05) is 0 Å². The summed E-state index contributed by atoms with van der Waals surface area (Å²) in [6.45, 7) is 1.85. The molecule has 0 radical (unpaired) electrons. The Morgan fingerprint density at radius 3 is 1.91 bits per heavy atom. The van der Waals surface area contributed by atoms with E-state index in [2.05, 4.69) is 41.7 Å². The Bertz CT molecular complexity index is 2960. The number of fused-ring (bicyclic) bond motifs is 6. The van der Waals surface area contributed by atoms with Crippen LogP contribution in [0.25, 0.3) is 0 Å². The Morgan fingerprint density at radius 2 is 1.32 bits per heavy atom. The number of rotatable bonds is 24. The van der Waals surface area contributed by atoms with E-state index < -0.39 is 104 Å². The summed E-state index contributed by atoms with van der Waals surface area (Å²) in [6, 6.07) is 13.0. The zero-order valence-electron chi connectivity index (χ0n) is 41.2. The number of aromatic hydroxyl groups is 2. The van der Waals surface area contributed by atoms with Crippen LogP contribution in [0.2, 0.25) is 0 Å². The summed E-state index contributed by atoms with van der Waals surface area (Å²) >= 11 is 5.49. The number of carbonyl (C=O) groups is 8. The smallest absolute Gasteiger partial charge is 0.508 e. The molecule has 0 aromatic heterocycles. The van der Waals surface area contributed by atoms with Crippen LogP contribution >= 0.6 is 20.0 Å². The molecule has 4 atom stereocenters. The molecule has 0 saturated carbocycles. The van der Waals surface area contributed by atoms with Gasteiger partial charge in [0.25, 0.3) is 0 Å². The number of aliphatic hydroxyl groups excluding tert-OH is 1. The van der Waals surface area contributed by atoms with E-state index in [-0.39, 0.29) is 77.6 Å². The second kappa shape index (κ2) is 25.0. The highest BCUT2D eigenvalue weighted by Crippen LogP contribution is 2.57. The van der Waals surface area contributed by atoms with Crippen LogP contribution in [-0.2, 0) is 54.9 Å². The molecule has 0 saturated heterocycles. The Balaban J connectivity index is 1.11. The molecule has 410 valence electrons. The molecular formula is C49H56N9O17PS. The SMILES string of the molecule is CC(C)C[C@H](NC(=O)CNC(=O)[C@H](CCC(N)=O)NC(=O)[C@H](Cc1ccc(OP(=O)(O)O)cc1)NC(=O)CCNC(=S)Nc1ccc2c(c1)C(=O)OC21c2ccc(O)cc2Oc2cc(O)ccc21)C(=O)N[C@@H](CO)C(N)=O. The molecule has 4 aromatic carbocycles. The molecule has 4 aromatic rings. The number of esters is 1. The Hall–Kier alpha value is -8.36. The lowest BCUT2D eigenvalue weighted by molar-refractivity contribution is -0.134. The van der Waals surface area contributed by atoms with E-state index in [4.69, 9.17) is 33.2 Å². The number of hydrogen-bond donors (Lipinski definition) is 14. The number of carbonyl (C=O) groups excluding carboxylic acids is 8. The topological polar surface area (TPSA) is 419 Å². The van der Waals surface area contributed by atoms with Gasteiger partial charge in [-0.15, -0.1) is 0 Å². The summed E-state index contributed by atoms with van der Waals surface area (Å²) in [5, 5.41) is 47.8. The number of phosphoric acid groups is 1. The van der Waals surface area contributed by atoms with Gasteiger partial charge < -0.3 is 78.0 Å². The molecule has 2 aliphatic rings. The summed E-state index contributed by atoms with van der Waals surface area (Å²) in [5.74, 6) is -7.07. The van der Waals surface area contributed by atoms with Gasteiger partial charge in [0.05, 0.1) is 18.7 Å². The summed E-state index contributed by atoms with van der Waals surface area (Å²) in [7, 11) is -4.93. The molecule has 28 heteroatoms. The van der Waals surface area contributed by atoms with Crippen molar-refractivity contribution in [1.82, 2.24) is 31.9 Å². The van der Waals surface area contributed by atoms with Crippen LogP contribution in [0.3, 0.4) is 0 Å². The van der Waals surface area contributed by atoms with E-state index in [1.165, 1.54) is 54.6 Å². The monoisotopic (exact) mass is 1110 g/mol. The van der Waals surface area contributed by atoms with Gasteiger partial charge in [0.1, 0.15) is 52.9 Å². The number of benzene rings is 4. The van der Waals surface area contributed by atoms with Gasteiger partial charge in [-0.2, -0.15) is 0 Å². The predicted octanol–water partition coefficient (Wildman–Crippen LogP) is -0.0989. The van der Waals surface area contributed by atoms with Gasteiger partial charge in [-0.25, -0.2) is 9.36 Å². The van der Waals surface area contributed by atoms with Gasteiger partial charge in [-0.05, 0) is 85.1 Å². The van der Waals surface area contributed by atoms with Gasteiger partial charge in [0, 0.05) is 60.3 Å². The first kappa shape index (κ1) is 57.9. The largest absolute Gasteiger partial charge is 0.524 e. The maximum Gasteiger partial charge on any atom is 0.524 e. The molecule has 0 unspecified atom stereocenters. The third kappa shape index (κ3) is 15.2. The minimum atomic E-state index is -4.93. The summed E-state index contributed by atoms with van der Waals surface area (Å²) in [6.07, 6.45) is -1.28. The van der Waals surface area contributed by atoms with Crippen molar-refractivity contribution in [1.29, 1.82) is 0 Å². The number of phenols is 2. The minimum Gasteiger partial charge on any atom is -0.508 e. The van der Waals surface area contributed by atoms with E-state index in [1.54, 1.807) is 38.1 Å². The summed E-state index contributed by atoms with van der Waals surface area (Å²) in [5.41, 5.74) is 11.2. The van der Waals surface area contributed by atoms with E-state index in [9.17, 15) is 68.0 Å². The summed E-state index contributed by atoms with van der Waals surface area (Å²) < 4.78 is 28.1. The predicted molar refractivity (Wildman–Crippen MR) is 275 cm³/mol. The van der Waals surface area contributed by atoms with Crippen LogP contribution in [0, 0.1) is 5.92 Å². The van der Waals surface area contributed by atoms with Gasteiger partial charge in [0.15, 0.2) is 10.7 Å². The molecule has 2 heterocycles. The number of phenolic OH excluding ortho intramolecular Hbond substituents is 2. The number of primary amides is 2. The van der Waals surface area contributed by atoms with Crippen LogP contribution in [0.4, 0.5) is 5.69 Å². The highest BCUT2D eigenvalue weighted by atomic mass is 32.1. The molecule has 0 aliphatic carbocycles. The standard InChI is InChI=1S/C49H56N9O17PS/c1-24(2)17-35(45(67)58-37(23-59)43(51)65)56-42(64)22-53-44(66)34(13-14-40(50)62)57-46(68)36(18-25-3-8-29(9-4-25)75-76(70,71)72)55-41(63)15-16-52-48(77)54-26-5-10-31-30(19-26)47(69)74-49(31)32-11-6-27(60)20-38(32)73-39-21-28(61)7-12-33(39)49/h3-12,19-21,24,34-37,59-61H,13-18,22-23H2,1-2H3,(H2,50,62)(H2,51,65)(H,53,66)(H,55,63)(H,56,64)(H,57,68)(H,58,67)(H2,52,54,77)(H2,70,71,72)/t34-,35-,36-,37-/m0/s1. The van der Waals surface area contributed by atoms with Gasteiger partial charge in [-0.1, -0.05) is 32.0 Å². The molecule has 0 fully saturated rings. The van der Waals surface area contributed by atoms with Crippen molar-refractivity contribution < 1.29 is 82.0 Å². The second-order valence-corrected chi connectivity index (χ2v) is 19.7. The summed E-state index contributed by atoms with van der Waals surface area (Å²) in [4.78, 5) is 123. The number of phosphoric ester groups is 1. The fourth-order valence-electron chi connectivity index (χ4n) is 8.33. The number of anilines is 1. The normalized spacial score (nSPS) is 14.3. The van der Waals surface area contributed by atoms with Crippen molar-refractivity contribution in [2.24, 2.45) is 17.4 Å². The first-order valence-electron chi connectivity index (χ1n) is 23.6. The third-order valence-corrected chi connectivity index (χ3v) is 12.5. The zero-order chi connectivity index (χ0) is 56.4. The average Bonchev–Trinajstić information content (AvgIpc) is 3.74. The first-order valence-corrected chi connectivity index (χ1v) is 25.6. The number of hydrogen-bond acceptors (Lipinski definition) is 16. The van der Waals surface area contributed by atoms with Gasteiger partial charge in [0.2, 0.25) is 41.4 Å². The maximum atomic E-state index is 14.0. The number of ether oxygens (including phenoxy) is 2. The number of aliphatic hydroxyl groups is 1.